The van der Waals surface area contributed by atoms with Crippen molar-refractivity contribution in [3.05, 3.63) is 52.1 Å². The lowest BCUT2D eigenvalue weighted by Crippen LogP contribution is -2.13. The van der Waals surface area contributed by atoms with Gasteiger partial charge in [-0.15, -0.1) is 11.8 Å². The standard InChI is InChI=1S/C21H26FNO4S/c1-6-23-13(3)19(20(14(23)4)21(25)27-7-2)17(24)12-28-11-15-10-16(22)8-9-18(15)26-5/h8-10H,6-7,11-12H2,1-5H3. The van der Waals surface area contributed by atoms with Gasteiger partial charge in [0.1, 0.15) is 11.6 Å². The second kappa shape index (κ2) is 9.78. The summed E-state index contributed by atoms with van der Waals surface area (Å²) in [5.74, 6) is 0.205. The van der Waals surface area contributed by atoms with Crippen LogP contribution >= 0.6 is 11.8 Å². The fraction of sp³-hybridized carbons (Fsp3) is 0.429. The largest absolute Gasteiger partial charge is 0.496 e. The lowest BCUT2D eigenvalue weighted by molar-refractivity contribution is 0.0522. The monoisotopic (exact) mass is 407 g/mol. The van der Waals surface area contributed by atoms with Gasteiger partial charge >= 0.3 is 5.97 Å². The second-order valence-corrected chi connectivity index (χ2v) is 7.24. The Hall–Kier alpha value is -2.28. The van der Waals surface area contributed by atoms with Crippen LogP contribution in [0.4, 0.5) is 4.39 Å². The molecule has 0 atom stereocenters. The van der Waals surface area contributed by atoms with Gasteiger partial charge in [0.05, 0.1) is 30.6 Å². The molecule has 2 rings (SSSR count). The highest BCUT2D eigenvalue weighted by Gasteiger charge is 2.27. The fourth-order valence-electron chi connectivity index (χ4n) is 3.34. The minimum atomic E-state index is -0.476. The van der Waals surface area contributed by atoms with Gasteiger partial charge in [0.25, 0.3) is 0 Å². The molecule has 0 aliphatic heterocycles. The first-order chi connectivity index (χ1) is 13.3. The highest BCUT2D eigenvalue weighted by Crippen LogP contribution is 2.28. The van der Waals surface area contributed by atoms with E-state index in [1.54, 1.807) is 13.0 Å². The Labute approximate surface area is 169 Å². The number of ketones is 1. The van der Waals surface area contributed by atoms with Crippen LogP contribution in [0.3, 0.4) is 0 Å². The topological polar surface area (TPSA) is 57.5 Å². The van der Waals surface area contributed by atoms with Gasteiger partial charge in [-0.05, 0) is 45.9 Å². The summed E-state index contributed by atoms with van der Waals surface area (Å²) in [5.41, 5.74) is 2.94. The first kappa shape index (κ1) is 22.0. The van der Waals surface area contributed by atoms with Gasteiger partial charge < -0.3 is 14.0 Å². The van der Waals surface area contributed by atoms with Crippen molar-refractivity contribution < 1.29 is 23.5 Å². The van der Waals surface area contributed by atoms with E-state index in [1.165, 1.54) is 31.0 Å². The Morgan fingerprint density at radius 3 is 2.43 bits per heavy atom. The van der Waals surface area contributed by atoms with E-state index in [1.807, 2.05) is 25.3 Å². The van der Waals surface area contributed by atoms with Gasteiger partial charge in [0.2, 0.25) is 0 Å². The number of ether oxygens (including phenoxy) is 2. The van der Waals surface area contributed by atoms with Crippen LogP contribution in [0.25, 0.3) is 0 Å². The Kier molecular flexibility index (Phi) is 7.69. The number of esters is 1. The zero-order valence-electron chi connectivity index (χ0n) is 16.9. The molecule has 0 unspecified atom stereocenters. The molecule has 7 heteroatoms. The van der Waals surface area contributed by atoms with Crippen LogP contribution in [0.2, 0.25) is 0 Å². The third-order valence-electron chi connectivity index (χ3n) is 4.59. The van der Waals surface area contributed by atoms with Crippen molar-refractivity contribution in [2.24, 2.45) is 0 Å². The SMILES string of the molecule is CCOC(=O)c1c(C(=O)CSCc2cc(F)ccc2OC)c(C)n(CC)c1C. The zero-order valence-corrected chi connectivity index (χ0v) is 17.7. The number of aromatic nitrogens is 1. The lowest BCUT2D eigenvalue weighted by Gasteiger charge is -2.09. The number of carbonyl (C=O) groups is 2. The number of hydrogen-bond acceptors (Lipinski definition) is 5. The molecule has 0 saturated heterocycles. The molecule has 0 spiro atoms. The van der Waals surface area contributed by atoms with Crippen LogP contribution in [0.5, 0.6) is 5.75 Å². The summed E-state index contributed by atoms with van der Waals surface area (Å²) in [7, 11) is 1.53. The van der Waals surface area contributed by atoms with E-state index in [4.69, 9.17) is 9.47 Å². The minimum absolute atomic E-state index is 0.142. The molecule has 28 heavy (non-hydrogen) atoms. The van der Waals surface area contributed by atoms with Gasteiger partial charge in [-0.1, -0.05) is 0 Å². The van der Waals surface area contributed by atoms with Crippen LogP contribution < -0.4 is 4.74 Å². The van der Waals surface area contributed by atoms with Crippen LogP contribution in [0.1, 0.15) is 51.5 Å². The molecule has 1 heterocycles. The molecule has 0 saturated carbocycles. The molecule has 1 aromatic heterocycles. The van der Waals surface area contributed by atoms with E-state index in [2.05, 4.69) is 0 Å². The lowest BCUT2D eigenvalue weighted by atomic mass is 10.1. The maximum absolute atomic E-state index is 13.5. The van der Waals surface area contributed by atoms with Crippen molar-refractivity contribution in [1.82, 2.24) is 4.57 Å². The molecule has 1 aromatic carbocycles. The van der Waals surface area contributed by atoms with E-state index in [9.17, 15) is 14.0 Å². The zero-order chi connectivity index (χ0) is 20.8. The summed E-state index contributed by atoms with van der Waals surface area (Å²) in [6, 6.07) is 4.31. The maximum Gasteiger partial charge on any atom is 0.340 e. The first-order valence-corrected chi connectivity index (χ1v) is 10.3. The van der Waals surface area contributed by atoms with E-state index >= 15 is 0 Å². The predicted molar refractivity (Wildman–Crippen MR) is 109 cm³/mol. The van der Waals surface area contributed by atoms with E-state index in [0.717, 1.165) is 11.4 Å². The number of Topliss-reactive ketones (excluding diaryl/α,β-unsaturated/α-hetero) is 1. The Balaban J connectivity index is 2.22. The highest BCUT2D eigenvalue weighted by molar-refractivity contribution is 7.99. The Bertz CT molecular complexity index is 876. The van der Waals surface area contributed by atoms with Gasteiger partial charge in [0, 0.05) is 29.2 Å². The Morgan fingerprint density at radius 1 is 1.14 bits per heavy atom. The van der Waals surface area contributed by atoms with Crippen molar-refractivity contribution in [2.45, 2.75) is 40.0 Å². The third-order valence-corrected chi connectivity index (χ3v) is 5.57. The van der Waals surface area contributed by atoms with Gasteiger partial charge in [-0.3, -0.25) is 4.79 Å². The van der Waals surface area contributed by atoms with Crippen molar-refractivity contribution in [2.75, 3.05) is 19.5 Å². The number of benzene rings is 1. The summed E-state index contributed by atoms with van der Waals surface area (Å²) in [6.07, 6.45) is 0. The molecule has 0 fully saturated rings. The van der Waals surface area contributed by atoms with Gasteiger partial charge in [-0.25, -0.2) is 9.18 Å². The first-order valence-electron chi connectivity index (χ1n) is 9.15. The Morgan fingerprint density at radius 2 is 1.82 bits per heavy atom. The van der Waals surface area contributed by atoms with Crippen molar-refractivity contribution in [3.63, 3.8) is 0 Å². The number of rotatable bonds is 9. The summed E-state index contributed by atoms with van der Waals surface area (Å²) in [5, 5.41) is 0. The molecular formula is C21H26FNO4S. The van der Waals surface area contributed by atoms with Crippen LogP contribution in [-0.2, 0) is 17.0 Å². The molecule has 152 valence electrons. The van der Waals surface area contributed by atoms with Crippen molar-refractivity contribution in [3.8, 4) is 5.75 Å². The molecule has 0 radical (unpaired) electrons. The van der Waals surface area contributed by atoms with Crippen molar-refractivity contribution >= 4 is 23.5 Å². The van der Waals surface area contributed by atoms with Crippen molar-refractivity contribution in [1.29, 1.82) is 0 Å². The molecule has 0 bridgehead atoms. The minimum Gasteiger partial charge on any atom is -0.496 e. The molecule has 0 N–H and O–H groups in total. The predicted octanol–water partition coefficient (Wildman–Crippen LogP) is 4.57. The molecular weight excluding hydrogens is 381 g/mol. The van der Waals surface area contributed by atoms with Crippen LogP contribution in [-0.4, -0.2) is 35.8 Å². The summed E-state index contributed by atoms with van der Waals surface area (Å²) in [6.45, 7) is 8.27. The van der Waals surface area contributed by atoms with Gasteiger partial charge in [-0.2, -0.15) is 0 Å². The average Bonchev–Trinajstić information content (AvgIpc) is 2.92. The number of thioether (sulfide) groups is 1. The number of hydrogen-bond donors (Lipinski definition) is 0. The van der Waals surface area contributed by atoms with E-state index in [-0.39, 0.29) is 24.0 Å². The normalized spacial score (nSPS) is 10.8. The maximum atomic E-state index is 13.5. The summed E-state index contributed by atoms with van der Waals surface area (Å²) < 4.78 is 25.8. The fourth-order valence-corrected chi connectivity index (χ4v) is 4.21. The van der Waals surface area contributed by atoms with Gasteiger partial charge in [0.15, 0.2) is 5.78 Å². The number of methoxy groups -OCH3 is 1. The summed E-state index contributed by atoms with van der Waals surface area (Å²) in [4.78, 5) is 25.4. The average molecular weight is 408 g/mol. The summed E-state index contributed by atoms with van der Waals surface area (Å²) >= 11 is 1.36. The second-order valence-electron chi connectivity index (χ2n) is 6.26. The van der Waals surface area contributed by atoms with Crippen LogP contribution in [0.15, 0.2) is 18.2 Å². The van der Waals surface area contributed by atoms with E-state index < -0.39 is 5.97 Å². The number of nitrogens with zero attached hydrogens (tertiary/aromatic N) is 1. The molecule has 0 amide bonds. The smallest absolute Gasteiger partial charge is 0.340 e. The quantitative estimate of drug-likeness (QED) is 0.450. The molecule has 5 nitrogen and oxygen atoms in total. The third kappa shape index (κ3) is 4.58. The molecule has 0 aliphatic rings. The van der Waals surface area contributed by atoms with Crippen LogP contribution in [0, 0.1) is 19.7 Å². The highest BCUT2D eigenvalue weighted by atomic mass is 32.2. The number of halogens is 1. The van der Waals surface area contributed by atoms with E-state index in [0.29, 0.717) is 34.7 Å². The molecule has 2 aromatic rings. The number of carbonyl (C=O) groups excluding carboxylic acids is 2. The molecule has 0 aliphatic carbocycles.